The third kappa shape index (κ3) is 3.48. The largest absolute Gasteiger partial charge is 0.383 e. The van der Waals surface area contributed by atoms with Crippen molar-refractivity contribution in [3.8, 4) is 11.1 Å². The van der Waals surface area contributed by atoms with Gasteiger partial charge in [-0.3, -0.25) is 0 Å². The zero-order valence-electron chi connectivity index (χ0n) is 15.5. The van der Waals surface area contributed by atoms with Gasteiger partial charge in [0.2, 0.25) is 0 Å². The van der Waals surface area contributed by atoms with Crippen molar-refractivity contribution in [3.63, 3.8) is 0 Å². The molecule has 3 nitrogen and oxygen atoms in total. The van der Waals surface area contributed by atoms with Gasteiger partial charge in [-0.05, 0) is 73.2 Å². The highest BCUT2D eigenvalue weighted by atomic mass is 35.5. The number of methoxy groups -OCH3 is 1. The Kier molecular flexibility index (Phi) is 5.49. The first kappa shape index (κ1) is 17.8. The second-order valence-electron chi connectivity index (χ2n) is 7.24. The van der Waals surface area contributed by atoms with Crippen LogP contribution in [-0.2, 0) is 24.0 Å². The Morgan fingerprint density at radius 2 is 2.00 bits per heavy atom. The van der Waals surface area contributed by atoms with Crippen LogP contribution in [0.1, 0.15) is 23.1 Å². The second kappa shape index (κ2) is 7.99. The molecular formula is C22H27ClN2O. The predicted octanol–water partition coefficient (Wildman–Crippen LogP) is 4.09. The van der Waals surface area contributed by atoms with Crippen LogP contribution in [-0.4, -0.2) is 39.9 Å². The normalized spacial score (nSPS) is 16.8. The van der Waals surface area contributed by atoms with Gasteiger partial charge in [0.1, 0.15) is 0 Å². The number of hydrogen-bond acceptors (Lipinski definition) is 3. The van der Waals surface area contributed by atoms with E-state index in [1.807, 2.05) is 6.07 Å². The molecule has 4 rings (SSSR count). The van der Waals surface area contributed by atoms with E-state index >= 15 is 0 Å². The van der Waals surface area contributed by atoms with E-state index in [4.69, 9.17) is 16.3 Å². The predicted molar refractivity (Wildman–Crippen MR) is 110 cm³/mol. The fraction of sp³-hybridized carbons (Fsp3) is 0.455. The summed E-state index contributed by atoms with van der Waals surface area (Å²) in [4.78, 5) is 2.52. The van der Waals surface area contributed by atoms with Crippen LogP contribution in [0.2, 0.25) is 5.02 Å². The summed E-state index contributed by atoms with van der Waals surface area (Å²) in [6.45, 7) is 4.90. The first-order valence-corrected chi connectivity index (χ1v) is 10.0. The van der Waals surface area contributed by atoms with Crippen LogP contribution in [0.4, 0.5) is 5.69 Å². The Morgan fingerprint density at radius 3 is 2.85 bits per heavy atom. The number of anilines is 1. The van der Waals surface area contributed by atoms with Crippen LogP contribution >= 0.6 is 11.6 Å². The van der Waals surface area contributed by atoms with Gasteiger partial charge in [0, 0.05) is 36.5 Å². The molecule has 0 amide bonds. The monoisotopic (exact) mass is 370 g/mol. The molecule has 4 heteroatoms. The zero-order chi connectivity index (χ0) is 17.9. The lowest BCUT2D eigenvalue weighted by atomic mass is 9.85. The summed E-state index contributed by atoms with van der Waals surface area (Å²) in [5.74, 6) is 0. The highest BCUT2D eigenvalue weighted by molar-refractivity contribution is 6.30. The topological polar surface area (TPSA) is 24.5 Å². The maximum Gasteiger partial charge on any atom is 0.0637 e. The maximum atomic E-state index is 6.37. The summed E-state index contributed by atoms with van der Waals surface area (Å²) in [6, 6.07) is 10.8. The van der Waals surface area contributed by atoms with E-state index in [2.05, 4.69) is 34.5 Å². The number of nitrogens with one attached hydrogen (secondary N) is 1. The van der Waals surface area contributed by atoms with Gasteiger partial charge in [0.05, 0.1) is 6.61 Å². The molecule has 1 N–H and O–H groups in total. The van der Waals surface area contributed by atoms with E-state index in [0.29, 0.717) is 0 Å². The molecule has 0 aliphatic carbocycles. The molecule has 0 radical (unpaired) electrons. The average Bonchev–Trinajstić information content (AvgIpc) is 2.89. The first-order chi connectivity index (χ1) is 12.8. The fourth-order valence-corrected chi connectivity index (χ4v) is 4.59. The number of benzene rings is 2. The highest BCUT2D eigenvalue weighted by Crippen LogP contribution is 2.42. The quantitative estimate of drug-likeness (QED) is 0.877. The molecule has 2 aromatic rings. The number of hydrogen-bond donors (Lipinski definition) is 1. The average molecular weight is 371 g/mol. The zero-order valence-corrected chi connectivity index (χ0v) is 16.2. The summed E-state index contributed by atoms with van der Waals surface area (Å²) in [5, 5.41) is 4.37. The van der Waals surface area contributed by atoms with E-state index in [-0.39, 0.29) is 0 Å². The summed E-state index contributed by atoms with van der Waals surface area (Å²) in [7, 11) is 1.78. The molecule has 0 spiro atoms. The van der Waals surface area contributed by atoms with E-state index < -0.39 is 0 Å². The molecule has 2 aliphatic heterocycles. The number of halogens is 1. The maximum absolute atomic E-state index is 6.37. The molecule has 0 atom stereocenters. The molecule has 0 saturated carbocycles. The Bertz CT molecular complexity index is 790. The Morgan fingerprint density at radius 1 is 1.12 bits per heavy atom. The molecule has 0 aromatic heterocycles. The number of rotatable bonds is 4. The molecule has 2 aromatic carbocycles. The van der Waals surface area contributed by atoms with Gasteiger partial charge in [-0.25, -0.2) is 0 Å². The van der Waals surface area contributed by atoms with Crippen LogP contribution in [0, 0.1) is 0 Å². The van der Waals surface area contributed by atoms with Crippen LogP contribution in [0.5, 0.6) is 0 Å². The molecule has 0 saturated heterocycles. The van der Waals surface area contributed by atoms with Crippen molar-refractivity contribution in [3.05, 3.63) is 52.0 Å². The van der Waals surface area contributed by atoms with Gasteiger partial charge >= 0.3 is 0 Å². The molecule has 138 valence electrons. The Hall–Kier alpha value is -1.55. The SMILES string of the molecule is COCCN1CCCc2cc3c(c(-c4cccc(Cl)c4)c21)CCNCC3. The van der Waals surface area contributed by atoms with Crippen LogP contribution < -0.4 is 10.2 Å². The van der Waals surface area contributed by atoms with Crippen molar-refractivity contribution >= 4 is 17.3 Å². The third-order valence-electron chi connectivity index (χ3n) is 5.57. The van der Waals surface area contributed by atoms with Gasteiger partial charge in [-0.15, -0.1) is 0 Å². The van der Waals surface area contributed by atoms with Gasteiger partial charge in [0.25, 0.3) is 0 Å². The summed E-state index contributed by atoms with van der Waals surface area (Å²) in [5.41, 5.74) is 8.56. The smallest absolute Gasteiger partial charge is 0.0637 e. The lowest BCUT2D eigenvalue weighted by Crippen LogP contribution is -2.33. The lowest BCUT2D eigenvalue weighted by molar-refractivity contribution is 0.205. The Balaban J connectivity index is 1.93. The molecule has 2 aliphatic rings. The molecule has 0 unspecified atom stereocenters. The number of fused-ring (bicyclic) bond motifs is 2. The van der Waals surface area contributed by atoms with Crippen LogP contribution in [0.25, 0.3) is 11.1 Å². The number of ether oxygens (including phenoxy) is 1. The van der Waals surface area contributed by atoms with Gasteiger partial charge in [-0.2, -0.15) is 0 Å². The molecule has 0 fully saturated rings. The Labute approximate surface area is 161 Å². The van der Waals surface area contributed by atoms with Crippen molar-refractivity contribution < 1.29 is 4.74 Å². The van der Waals surface area contributed by atoms with Gasteiger partial charge in [0.15, 0.2) is 0 Å². The first-order valence-electron chi connectivity index (χ1n) is 9.66. The van der Waals surface area contributed by atoms with E-state index in [0.717, 1.165) is 57.1 Å². The van der Waals surface area contributed by atoms with E-state index in [1.54, 1.807) is 7.11 Å². The van der Waals surface area contributed by atoms with Crippen LogP contribution in [0.3, 0.4) is 0 Å². The molecular weight excluding hydrogens is 344 g/mol. The van der Waals surface area contributed by atoms with E-state index in [9.17, 15) is 0 Å². The number of nitrogens with zero attached hydrogens (tertiary/aromatic N) is 1. The van der Waals surface area contributed by atoms with Gasteiger partial charge < -0.3 is 15.0 Å². The third-order valence-corrected chi connectivity index (χ3v) is 5.81. The standard InChI is InChI=1S/C22H27ClN2O/c1-26-13-12-25-11-3-5-18-14-16-7-9-24-10-8-20(16)21(22(18)25)17-4-2-6-19(23)15-17/h2,4,6,14-15,24H,3,5,7-13H2,1H3. The molecule has 2 heterocycles. The minimum atomic E-state index is 0.757. The van der Waals surface area contributed by atoms with Crippen molar-refractivity contribution in [2.75, 3.05) is 44.8 Å². The van der Waals surface area contributed by atoms with Crippen molar-refractivity contribution in [2.45, 2.75) is 25.7 Å². The minimum absolute atomic E-state index is 0.757. The van der Waals surface area contributed by atoms with Crippen molar-refractivity contribution in [1.82, 2.24) is 5.32 Å². The number of aryl methyl sites for hydroxylation is 1. The fourth-order valence-electron chi connectivity index (χ4n) is 4.40. The second-order valence-corrected chi connectivity index (χ2v) is 7.68. The van der Waals surface area contributed by atoms with Crippen molar-refractivity contribution in [1.29, 1.82) is 0 Å². The van der Waals surface area contributed by atoms with Crippen LogP contribution in [0.15, 0.2) is 30.3 Å². The molecule has 26 heavy (non-hydrogen) atoms. The van der Waals surface area contributed by atoms with Crippen molar-refractivity contribution in [2.24, 2.45) is 0 Å². The summed E-state index contributed by atoms with van der Waals surface area (Å²) < 4.78 is 5.38. The lowest BCUT2D eigenvalue weighted by Gasteiger charge is -2.35. The minimum Gasteiger partial charge on any atom is -0.383 e. The van der Waals surface area contributed by atoms with E-state index in [1.165, 1.54) is 39.9 Å². The summed E-state index contributed by atoms with van der Waals surface area (Å²) in [6.07, 6.45) is 4.55. The highest BCUT2D eigenvalue weighted by Gasteiger charge is 2.26. The van der Waals surface area contributed by atoms with Gasteiger partial charge in [-0.1, -0.05) is 29.8 Å². The summed E-state index contributed by atoms with van der Waals surface area (Å²) >= 11 is 6.37. The molecule has 0 bridgehead atoms.